The average molecular weight is 280 g/mol. The molecular weight excluding hydrogens is 252 g/mol. The van der Waals surface area contributed by atoms with Crippen LogP contribution in [-0.2, 0) is 6.54 Å². The molecule has 0 amide bonds. The minimum atomic E-state index is 0.0896. The highest BCUT2D eigenvalue weighted by atomic mass is 16.5. The monoisotopic (exact) mass is 280 g/mol. The Hall–Kier alpha value is -1.07. The molecule has 3 N–H and O–H groups in total. The number of methoxy groups -OCH3 is 1. The molecule has 1 heterocycles. The first-order valence-electron chi connectivity index (χ1n) is 7.72. The zero-order valence-corrected chi connectivity index (χ0v) is 13.0. The molecule has 0 aliphatic heterocycles. The first-order chi connectivity index (χ1) is 9.66. The van der Waals surface area contributed by atoms with E-state index >= 15 is 0 Å². The molecule has 1 atom stereocenters. The molecule has 1 unspecified atom stereocenters. The summed E-state index contributed by atoms with van der Waals surface area (Å²) in [6.45, 7) is 5.39. The summed E-state index contributed by atoms with van der Waals surface area (Å²) in [6.07, 6.45) is 9.13. The van der Waals surface area contributed by atoms with Crippen LogP contribution >= 0.6 is 0 Å². The van der Waals surface area contributed by atoms with Gasteiger partial charge in [0.15, 0.2) is 5.75 Å². The Morgan fingerprint density at radius 2 is 2.15 bits per heavy atom. The molecule has 5 heteroatoms. The molecule has 20 heavy (non-hydrogen) atoms. The lowest BCUT2D eigenvalue weighted by molar-refractivity contribution is 0.136. The molecule has 0 aromatic carbocycles. The minimum absolute atomic E-state index is 0.0896. The van der Waals surface area contributed by atoms with Crippen LogP contribution in [0, 0.1) is 5.41 Å². The summed E-state index contributed by atoms with van der Waals surface area (Å²) < 4.78 is 7.56. The molecule has 0 spiro atoms. The fourth-order valence-corrected chi connectivity index (χ4v) is 3.47. The number of aromatic nitrogens is 2. The number of nitrogens with one attached hydrogen (secondary N) is 1. The van der Waals surface area contributed by atoms with Crippen LogP contribution in [0.25, 0.3) is 0 Å². The van der Waals surface area contributed by atoms with E-state index in [2.05, 4.69) is 24.4 Å². The van der Waals surface area contributed by atoms with E-state index in [0.29, 0.717) is 0 Å². The van der Waals surface area contributed by atoms with Gasteiger partial charge in [0.05, 0.1) is 25.0 Å². The average Bonchev–Trinajstić information content (AvgIpc) is 2.84. The molecule has 1 saturated carbocycles. The summed E-state index contributed by atoms with van der Waals surface area (Å²) in [5, 5.41) is 4.47. The van der Waals surface area contributed by atoms with Crippen LogP contribution in [0.4, 0.5) is 0 Å². The highest BCUT2D eigenvalue weighted by Crippen LogP contribution is 2.47. The molecule has 2 rings (SSSR count). The fraction of sp³-hybridized carbons (Fsp3) is 0.800. The van der Waals surface area contributed by atoms with Crippen molar-refractivity contribution in [3.63, 3.8) is 0 Å². The van der Waals surface area contributed by atoms with Crippen LogP contribution in [-0.4, -0.2) is 16.9 Å². The molecule has 1 aromatic rings. The van der Waals surface area contributed by atoms with Crippen molar-refractivity contribution in [1.29, 1.82) is 0 Å². The lowest BCUT2D eigenvalue weighted by Gasteiger charge is -2.40. The van der Waals surface area contributed by atoms with Gasteiger partial charge in [-0.25, -0.2) is 0 Å². The quantitative estimate of drug-likeness (QED) is 0.621. The van der Waals surface area contributed by atoms with Crippen molar-refractivity contribution in [2.24, 2.45) is 11.3 Å². The summed E-state index contributed by atoms with van der Waals surface area (Å²) in [5.74, 6) is 6.76. The SMILES string of the molecule is CCCn1ncc(OC)c1C(NN)C1(C)CCCCC1. The number of nitrogens with two attached hydrogens (primary N) is 1. The third kappa shape index (κ3) is 2.83. The number of nitrogens with zero attached hydrogens (tertiary/aromatic N) is 2. The Balaban J connectivity index is 2.36. The summed E-state index contributed by atoms with van der Waals surface area (Å²) in [6, 6.07) is 0.0896. The lowest BCUT2D eigenvalue weighted by Crippen LogP contribution is -2.42. The first kappa shape index (κ1) is 15.3. The Labute approximate surface area is 121 Å². The van der Waals surface area contributed by atoms with Crippen molar-refractivity contribution in [1.82, 2.24) is 15.2 Å². The standard InChI is InChI=1S/C15H28N4O/c1-4-10-19-13(12(20-3)11-17-19)14(18-16)15(2)8-6-5-7-9-15/h11,14,18H,4-10,16H2,1-3H3. The second-order valence-corrected chi connectivity index (χ2v) is 6.14. The molecular formula is C15H28N4O. The van der Waals surface area contributed by atoms with Gasteiger partial charge in [-0.2, -0.15) is 5.10 Å². The van der Waals surface area contributed by atoms with Gasteiger partial charge in [-0.1, -0.05) is 33.1 Å². The predicted molar refractivity (Wildman–Crippen MR) is 80.3 cm³/mol. The second-order valence-electron chi connectivity index (χ2n) is 6.14. The van der Waals surface area contributed by atoms with Gasteiger partial charge in [0.1, 0.15) is 0 Å². The normalized spacial score (nSPS) is 19.8. The van der Waals surface area contributed by atoms with Crippen molar-refractivity contribution in [2.75, 3.05) is 7.11 Å². The van der Waals surface area contributed by atoms with Crippen molar-refractivity contribution >= 4 is 0 Å². The summed E-state index contributed by atoms with van der Waals surface area (Å²) >= 11 is 0. The van der Waals surface area contributed by atoms with Crippen LogP contribution in [0.3, 0.4) is 0 Å². The van der Waals surface area contributed by atoms with Gasteiger partial charge in [-0.15, -0.1) is 0 Å². The topological polar surface area (TPSA) is 65.1 Å². The molecule has 5 nitrogen and oxygen atoms in total. The highest BCUT2D eigenvalue weighted by molar-refractivity contribution is 5.30. The van der Waals surface area contributed by atoms with E-state index in [-0.39, 0.29) is 11.5 Å². The number of hydrazine groups is 1. The number of hydrogen-bond acceptors (Lipinski definition) is 4. The molecule has 0 radical (unpaired) electrons. The van der Waals surface area contributed by atoms with E-state index in [1.807, 2.05) is 10.9 Å². The Kier molecular flexibility index (Phi) is 5.05. The van der Waals surface area contributed by atoms with Gasteiger partial charge in [0.2, 0.25) is 0 Å². The van der Waals surface area contributed by atoms with Crippen molar-refractivity contribution in [3.8, 4) is 5.75 Å². The third-order valence-corrected chi connectivity index (χ3v) is 4.63. The van der Waals surface area contributed by atoms with Crippen molar-refractivity contribution in [2.45, 2.75) is 65.0 Å². The summed E-state index contributed by atoms with van der Waals surface area (Å²) in [4.78, 5) is 0. The molecule has 1 aliphatic rings. The van der Waals surface area contributed by atoms with E-state index in [4.69, 9.17) is 10.6 Å². The highest BCUT2D eigenvalue weighted by Gasteiger charge is 2.39. The zero-order valence-electron chi connectivity index (χ0n) is 13.0. The second kappa shape index (κ2) is 6.59. The summed E-state index contributed by atoms with van der Waals surface area (Å²) in [7, 11) is 1.70. The van der Waals surface area contributed by atoms with Crippen molar-refractivity contribution in [3.05, 3.63) is 11.9 Å². The van der Waals surface area contributed by atoms with Crippen LogP contribution in [0.5, 0.6) is 5.75 Å². The van der Waals surface area contributed by atoms with Gasteiger partial charge >= 0.3 is 0 Å². The fourth-order valence-electron chi connectivity index (χ4n) is 3.47. The maximum absolute atomic E-state index is 5.92. The molecule has 0 saturated heterocycles. The Morgan fingerprint density at radius 3 is 2.70 bits per heavy atom. The van der Waals surface area contributed by atoms with Crippen LogP contribution in [0.15, 0.2) is 6.20 Å². The van der Waals surface area contributed by atoms with E-state index in [9.17, 15) is 0 Å². The van der Waals surface area contributed by atoms with E-state index in [1.165, 1.54) is 32.1 Å². The van der Waals surface area contributed by atoms with Crippen LogP contribution in [0.2, 0.25) is 0 Å². The van der Waals surface area contributed by atoms with Gasteiger partial charge in [-0.05, 0) is 24.7 Å². The van der Waals surface area contributed by atoms with Gasteiger partial charge < -0.3 is 4.74 Å². The maximum Gasteiger partial charge on any atom is 0.161 e. The first-order valence-corrected chi connectivity index (χ1v) is 7.72. The molecule has 0 bridgehead atoms. The largest absolute Gasteiger partial charge is 0.493 e. The van der Waals surface area contributed by atoms with Gasteiger partial charge in [-0.3, -0.25) is 16.0 Å². The summed E-state index contributed by atoms with van der Waals surface area (Å²) in [5.41, 5.74) is 4.32. The molecule has 1 aliphatic carbocycles. The number of hydrogen-bond donors (Lipinski definition) is 2. The molecule has 114 valence electrons. The Bertz CT molecular complexity index is 424. The maximum atomic E-state index is 5.92. The van der Waals surface area contributed by atoms with E-state index in [0.717, 1.165) is 24.4 Å². The number of aryl methyl sites for hydroxylation is 1. The predicted octanol–water partition coefficient (Wildman–Crippen LogP) is 2.78. The van der Waals surface area contributed by atoms with Gasteiger partial charge in [0.25, 0.3) is 0 Å². The van der Waals surface area contributed by atoms with Gasteiger partial charge in [0, 0.05) is 6.54 Å². The number of ether oxygens (including phenoxy) is 1. The Morgan fingerprint density at radius 1 is 1.45 bits per heavy atom. The molecule has 1 fully saturated rings. The zero-order chi connectivity index (χ0) is 14.6. The third-order valence-electron chi connectivity index (χ3n) is 4.63. The van der Waals surface area contributed by atoms with Crippen LogP contribution < -0.4 is 16.0 Å². The van der Waals surface area contributed by atoms with Crippen molar-refractivity contribution < 1.29 is 4.74 Å². The smallest absolute Gasteiger partial charge is 0.161 e. The minimum Gasteiger partial charge on any atom is -0.493 e. The lowest BCUT2D eigenvalue weighted by atomic mass is 9.69. The number of rotatable bonds is 6. The van der Waals surface area contributed by atoms with E-state index in [1.54, 1.807) is 7.11 Å². The van der Waals surface area contributed by atoms with E-state index < -0.39 is 0 Å². The molecule has 1 aromatic heterocycles. The van der Waals surface area contributed by atoms with Crippen LogP contribution in [0.1, 0.15) is 64.1 Å².